The van der Waals surface area contributed by atoms with Crippen molar-refractivity contribution >= 4 is 40.5 Å². The Morgan fingerprint density at radius 2 is 1.76 bits per heavy atom. The van der Waals surface area contributed by atoms with Crippen molar-refractivity contribution in [3.8, 4) is 5.75 Å². The lowest BCUT2D eigenvalue weighted by Crippen LogP contribution is -2.44. The molecule has 42 heavy (non-hydrogen) atoms. The summed E-state index contributed by atoms with van der Waals surface area (Å²) in [5.41, 5.74) is -0.144. The first-order valence-corrected chi connectivity index (χ1v) is 13.9. The Hall–Kier alpha value is -3.77. The molecular formula is C28H26Cl2F3N5O4. The van der Waals surface area contributed by atoms with E-state index in [1.807, 2.05) is 0 Å². The number of ether oxygens (including phenoxy) is 1. The van der Waals surface area contributed by atoms with E-state index in [2.05, 4.69) is 5.10 Å². The molecule has 222 valence electrons. The molecule has 14 heteroatoms. The molecule has 1 aliphatic heterocycles. The molecule has 0 atom stereocenters. The Balaban J connectivity index is 1.56. The van der Waals surface area contributed by atoms with Crippen LogP contribution in [0, 0.1) is 5.82 Å². The topological polar surface area (TPSA) is 91.4 Å². The molecule has 4 aromatic rings. The van der Waals surface area contributed by atoms with E-state index in [-0.39, 0.29) is 17.4 Å². The van der Waals surface area contributed by atoms with Gasteiger partial charge in [0.25, 0.3) is 5.56 Å². The molecule has 0 bridgehead atoms. The van der Waals surface area contributed by atoms with Gasteiger partial charge in [0, 0.05) is 31.4 Å². The number of rotatable bonds is 10. The molecule has 9 nitrogen and oxygen atoms in total. The normalized spacial score (nSPS) is 14.2. The van der Waals surface area contributed by atoms with Gasteiger partial charge in [-0.25, -0.2) is 18.0 Å². The largest absolute Gasteiger partial charge is 0.482 e. The Labute approximate surface area is 247 Å². The summed E-state index contributed by atoms with van der Waals surface area (Å²) in [7, 11) is 0. The molecule has 5 rings (SSSR count). The fourth-order valence-corrected chi connectivity index (χ4v) is 5.38. The van der Waals surface area contributed by atoms with Crippen LogP contribution in [0.4, 0.5) is 13.2 Å². The number of hydrogen-bond donors (Lipinski definition) is 0. The smallest absolute Gasteiger partial charge is 0.332 e. The summed E-state index contributed by atoms with van der Waals surface area (Å²) in [4.78, 5) is 40.3. The van der Waals surface area contributed by atoms with Gasteiger partial charge in [0.1, 0.15) is 13.3 Å². The highest BCUT2D eigenvalue weighted by molar-refractivity contribution is 6.42. The van der Waals surface area contributed by atoms with Gasteiger partial charge in [0.05, 0.1) is 39.7 Å². The fourth-order valence-electron chi connectivity index (χ4n) is 5.06. The second-order valence-electron chi connectivity index (χ2n) is 10.0. The quantitative estimate of drug-likeness (QED) is 0.245. The van der Waals surface area contributed by atoms with Crippen LogP contribution < -0.4 is 16.0 Å². The van der Waals surface area contributed by atoms with E-state index < -0.39 is 48.3 Å². The Kier molecular flexibility index (Phi) is 8.93. The van der Waals surface area contributed by atoms with Gasteiger partial charge in [-0.15, -0.1) is 0 Å². The number of alkyl halides is 2. The third-order valence-electron chi connectivity index (χ3n) is 7.22. The molecule has 3 heterocycles. The summed E-state index contributed by atoms with van der Waals surface area (Å²) in [6.07, 6.45) is 1.66. The van der Waals surface area contributed by atoms with E-state index in [0.29, 0.717) is 48.2 Å². The van der Waals surface area contributed by atoms with Crippen LogP contribution in [0.25, 0.3) is 10.9 Å². The molecule has 0 radical (unpaired) electrons. The highest BCUT2D eigenvalue weighted by Crippen LogP contribution is 2.28. The second-order valence-corrected chi connectivity index (χ2v) is 10.8. The number of carbonyl (C=O) groups excluding carboxylic acids is 1. The van der Waals surface area contributed by atoms with Crippen molar-refractivity contribution in [2.24, 2.45) is 0 Å². The summed E-state index contributed by atoms with van der Waals surface area (Å²) in [5, 5.41) is 5.25. The average molecular weight is 624 g/mol. The molecule has 2 aromatic carbocycles. The van der Waals surface area contributed by atoms with Gasteiger partial charge in [-0.1, -0.05) is 29.3 Å². The fraction of sp³-hybridized carbons (Fsp3) is 0.357. The molecule has 1 fully saturated rings. The van der Waals surface area contributed by atoms with Gasteiger partial charge in [0.2, 0.25) is 6.41 Å². The molecule has 1 saturated heterocycles. The third kappa shape index (κ3) is 6.05. The third-order valence-corrected chi connectivity index (χ3v) is 7.96. The van der Waals surface area contributed by atoms with Gasteiger partial charge in [-0.3, -0.25) is 23.4 Å². The maximum atomic E-state index is 15.1. The van der Waals surface area contributed by atoms with Crippen molar-refractivity contribution in [1.82, 2.24) is 23.8 Å². The Morgan fingerprint density at radius 1 is 1.02 bits per heavy atom. The van der Waals surface area contributed by atoms with Crippen molar-refractivity contribution in [2.45, 2.75) is 38.1 Å². The first-order valence-electron chi connectivity index (χ1n) is 13.1. The minimum atomic E-state index is -1.54. The van der Waals surface area contributed by atoms with Gasteiger partial charge in [-0.2, -0.15) is 5.10 Å². The number of halogens is 5. The lowest BCUT2D eigenvalue weighted by atomic mass is 10.0. The number of nitrogens with zero attached hydrogens (tertiary/aromatic N) is 5. The minimum absolute atomic E-state index is 0.0258. The van der Waals surface area contributed by atoms with Crippen LogP contribution in [0.15, 0.2) is 52.2 Å². The molecular weight excluding hydrogens is 598 g/mol. The lowest BCUT2D eigenvalue weighted by molar-refractivity contribution is -0.119. The SMILES string of the molecule is O=CN1CCC(n2c(=O)n(Cc3ccn(Cc4ccc(Cl)c(Cl)c4)n3)c(=O)c3cc(OC(CF)CF)c(F)cc32)CC1. The summed E-state index contributed by atoms with van der Waals surface area (Å²) in [6, 6.07) is 8.45. The number of piperidine rings is 1. The summed E-state index contributed by atoms with van der Waals surface area (Å²) in [5.74, 6) is -1.47. The zero-order valence-corrected chi connectivity index (χ0v) is 23.7. The molecule has 1 amide bonds. The zero-order valence-electron chi connectivity index (χ0n) is 22.2. The molecule has 0 N–H and O–H groups in total. The standard InChI is InChI=1S/C28H26Cl2F3N5O4/c29-22-2-1-17(9-23(22)30)14-36-8-3-18(34-36)15-37-27(40)21-10-26(42-20(12-31)13-32)24(33)11-25(21)38(28(37)41)19-4-6-35(16-39)7-5-19/h1-3,8-11,16,19-20H,4-7,12-15H2. The van der Waals surface area contributed by atoms with Gasteiger partial charge in [-0.05, 0) is 42.7 Å². The average Bonchev–Trinajstić information content (AvgIpc) is 3.43. The predicted octanol–water partition coefficient (Wildman–Crippen LogP) is 4.38. The van der Waals surface area contributed by atoms with E-state index in [1.54, 1.807) is 40.0 Å². The number of carbonyl (C=O) groups is 1. The maximum Gasteiger partial charge on any atom is 0.332 e. The number of amides is 1. The summed E-state index contributed by atoms with van der Waals surface area (Å²) >= 11 is 12.1. The van der Waals surface area contributed by atoms with Crippen LogP contribution >= 0.6 is 23.2 Å². The molecule has 0 aliphatic carbocycles. The van der Waals surface area contributed by atoms with Crippen molar-refractivity contribution in [1.29, 1.82) is 0 Å². The van der Waals surface area contributed by atoms with Crippen LogP contribution in [0.1, 0.15) is 30.1 Å². The van der Waals surface area contributed by atoms with Crippen LogP contribution in [-0.4, -0.2) is 62.8 Å². The number of aromatic nitrogens is 4. The Bertz CT molecular complexity index is 1730. The van der Waals surface area contributed by atoms with Gasteiger partial charge >= 0.3 is 5.69 Å². The van der Waals surface area contributed by atoms with E-state index >= 15 is 4.39 Å². The highest BCUT2D eigenvalue weighted by atomic mass is 35.5. The first kappa shape index (κ1) is 29.7. The van der Waals surface area contributed by atoms with Crippen molar-refractivity contribution < 1.29 is 22.7 Å². The van der Waals surface area contributed by atoms with E-state index in [9.17, 15) is 23.2 Å². The van der Waals surface area contributed by atoms with E-state index in [4.69, 9.17) is 27.9 Å². The lowest BCUT2D eigenvalue weighted by Gasteiger charge is -2.31. The van der Waals surface area contributed by atoms with Crippen LogP contribution in [0.2, 0.25) is 10.0 Å². The summed E-state index contributed by atoms with van der Waals surface area (Å²) < 4.78 is 50.4. The predicted molar refractivity (Wildman–Crippen MR) is 152 cm³/mol. The van der Waals surface area contributed by atoms with E-state index in [1.165, 1.54) is 4.57 Å². The van der Waals surface area contributed by atoms with Crippen molar-refractivity contribution in [2.75, 3.05) is 26.4 Å². The van der Waals surface area contributed by atoms with Crippen LogP contribution in [0.3, 0.4) is 0 Å². The Morgan fingerprint density at radius 3 is 2.43 bits per heavy atom. The van der Waals surface area contributed by atoms with Crippen LogP contribution in [-0.2, 0) is 17.9 Å². The molecule has 2 aromatic heterocycles. The zero-order chi connectivity index (χ0) is 30.0. The first-order chi connectivity index (χ1) is 20.2. The van der Waals surface area contributed by atoms with Crippen LogP contribution in [0.5, 0.6) is 5.75 Å². The van der Waals surface area contributed by atoms with E-state index in [0.717, 1.165) is 28.7 Å². The van der Waals surface area contributed by atoms with Crippen molar-refractivity contribution in [3.63, 3.8) is 0 Å². The van der Waals surface area contributed by atoms with Crippen molar-refractivity contribution in [3.05, 3.63) is 90.6 Å². The number of hydrogen-bond acceptors (Lipinski definition) is 5. The monoisotopic (exact) mass is 623 g/mol. The molecule has 0 unspecified atom stereocenters. The minimum Gasteiger partial charge on any atom is -0.482 e. The number of benzene rings is 2. The van der Waals surface area contributed by atoms with Gasteiger partial charge < -0.3 is 9.64 Å². The molecule has 0 spiro atoms. The number of fused-ring (bicyclic) bond motifs is 1. The number of likely N-dealkylation sites (tertiary alicyclic amines) is 1. The molecule has 1 aliphatic rings. The second kappa shape index (κ2) is 12.6. The maximum absolute atomic E-state index is 15.1. The van der Waals surface area contributed by atoms with Gasteiger partial charge in [0.15, 0.2) is 17.7 Å². The summed E-state index contributed by atoms with van der Waals surface area (Å²) in [6.45, 7) is -1.49. The highest BCUT2D eigenvalue weighted by Gasteiger charge is 2.26. The molecule has 0 saturated carbocycles.